The van der Waals surface area contributed by atoms with Crippen molar-refractivity contribution < 1.29 is 9.90 Å². The number of rotatable bonds is 4. The second kappa shape index (κ2) is 5.27. The molecule has 100 valence electrons. The van der Waals surface area contributed by atoms with Crippen LogP contribution in [0.15, 0.2) is 18.3 Å². The van der Waals surface area contributed by atoms with Gasteiger partial charge in [0.1, 0.15) is 5.82 Å². The van der Waals surface area contributed by atoms with Crippen molar-refractivity contribution in [2.24, 2.45) is 0 Å². The molecule has 19 heavy (non-hydrogen) atoms. The van der Waals surface area contributed by atoms with Crippen molar-refractivity contribution in [3.8, 4) is 0 Å². The third-order valence-electron chi connectivity index (χ3n) is 2.87. The van der Waals surface area contributed by atoms with E-state index in [1.54, 1.807) is 11.3 Å². The van der Waals surface area contributed by atoms with Gasteiger partial charge >= 0.3 is 5.97 Å². The normalized spacial score (nSPS) is 10.4. The smallest absolute Gasteiger partial charge is 0.337 e. The fraction of sp³-hybridized carbons (Fsp3) is 0.231. The highest BCUT2D eigenvalue weighted by Crippen LogP contribution is 2.24. The molecule has 2 heterocycles. The van der Waals surface area contributed by atoms with Crippen LogP contribution < -0.4 is 11.1 Å². The maximum atomic E-state index is 11.0. The molecule has 0 aliphatic heterocycles. The van der Waals surface area contributed by atoms with E-state index >= 15 is 0 Å². The molecule has 0 saturated heterocycles. The van der Waals surface area contributed by atoms with Crippen molar-refractivity contribution >= 4 is 28.8 Å². The number of nitrogens with two attached hydrogens (primary N) is 1. The van der Waals surface area contributed by atoms with Gasteiger partial charge in [-0.3, -0.25) is 0 Å². The molecule has 0 saturated carbocycles. The maximum absolute atomic E-state index is 11.0. The number of aryl methyl sites for hydroxylation is 2. The first-order chi connectivity index (χ1) is 8.99. The predicted octanol–water partition coefficient (Wildman–Crippen LogP) is 2.65. The summed E-state index contributed by atoms with van der Waals surface area (Å²) in [5.41, 5.74) is 7.27. The van der Waals surface area contributed by atoms with Crippen molar-refractivity contribution in [1.82, 2.24) is 4.98 Å². The molecule has 0 aliphatic carbocycles. The fourth-order valence-electron chi connectivity index (χ4n) is 1.71. The molecule has 0 unspecified atom stereocenters. The van der Waals surface area contributed by atoms with Crippen LogP contribution in [0.25, 0.3) is 0 Å². The van der Waals surface area contributed by atoms with Gasteiger partial charge in [0, 0.05) is 16.0 Å². The summed E-state index contributed by atoms with van der Waals surface area (Å²) in [7, 11) is 0. The van der Waals surface area contributed by atoms with Crippen molar-refractivity contribution in [3.63, 3.8) is 0 Å². The van der Waals surface area contributed by atoms with E-state index in [1.807, 2.05) is 0 Å². The molecule has 5 nitrogen and oxygen atoms in total. The lowest BCUT2D eigenvalue weighted by atomic mass is 10.2. The van der Waals surface area contributed by atoms with Crippen LogP contribution >= 0.6 is 11.3 Å². The van der Waals surface area contributed by atoms with E-state index in [2.05, 4.69) is 30.2 Å². The standard InChI is InChI=1S/C13H15N3O2S/c1-7-5-9(19-8(7)2)6-16-12-11(14)10(13(17)18)3-4-15-12/h3-5H,6,14H2,1-2H3,(H,15,16)(H,17,18). The van der Waals surface area contributed by atoms with Gasteiger partial charge in [-0.15, -0.1) is 11.3 Å². The molecule has 0 aromatic carbocycles. The van der Waals surface area contributed by atoms with Crippen molar-refractivity contribution in [1.29, 1.82) is 0 Å². The van der Waals surface area contributed by atoms with E-state index in [-0.39, 0.29) is 11.3 Å². The van der Waals surface area contributed by atoms with Gasteiger partial charge in [-0.1, -0.05) is 0 Å². The average molecular weight is 277 g/mol. The van der Waals surface area contributed by atoms with Crippen LogP contribution in [0.4, 0.5) is 11.5 Å². The first-order valence-corrected chi connectivity index (χ1v) is 6.58. The third-order valence-corrected chi connectivity index (χ3v) is 4.02. The number of hydrogen-bond donors (Lipinski definition) is 3. The molecule has 0 radical (unpaired) electrons. The molecule has 0 amide bonds. The zero-order chi connectivity index (χ0) is 14.0. The molecule has 6 heteroatoms. The molecular formula is C13H15N3O2S. The van der Waals surface area contributed by atoms with Gasteiger partial charge in [-0.05, 0) is 31.5 Å². The Labute approximate surface area is 115 Å². The summed E-state index contributed by atoms with van der Waals surface area (Å²) in [6, 6.07) is 3.49. The third kappa shape index (κ3) is 2.85. The summed E-state index contributed by atoms with van der Waals surface area (Å²) in [5.74, 6) is -0.644. The number of anilines is 2. The number of nitrogens with zero attached hydrogens (tertiary/aromatic N) is 1. The van der Waals surface area contributed by atoms with Gasteiger partial charge in [-0.2, -0.15) is 0 Å². The van der Waals surface area contributed by atoms with Crippen molar-refractivity contribution in [2.45, 2.75) is 20.4 Å². The van der Waals surface area contributed by atoms with Crippen LogP contribution in [0.5, 0.6) is 0 Å². The monoisotopic (exact) mass is 277 g/mol. The number of carbonyl (C=O) groups is 1. The summed E-state index contributed by atoms with van der Waals surface area (Å²) in [6.07, 6.45) is 1.44. The zero-order valence-corrected chi connectivity index (χ0v) is 11.5. The number of aromatic nitrogens is 1. The van der Waals surface area contributed by atoms with Gasteiger partial charge in [0.25, 0.3) is 0 Å². The van der Waals surface area contributed by atoms with Gasteiger partial charge < -0.3 is 16.2 Å². The van der Waals surface area contributed by atoms with E-state index in [4.69, 9.17) is 10.8 Å². The van der Waals surface area contributed by atoms with Gasteiger partial charge in [-0.25, -0.2) is 9.78 Å². The van der Waals surface area contributed by atoms with Crippen LogP contribution in [0, 0.1) is 13.8 Å². The predicted molar refractivity (Wildman–Crippen MR) is 76.7 cm³/mol. The summed E-state index contributed by atoms with van der Waals surface area (Å²) in [5, 5.41) is 12.1. The molecule has 4 N–H and O–H groups in total. The topological polar surface area (TPSA) is 88.2 Å². The van der Waals surface area contributed by atoms with E-state index in [0.29, 0.717) is 12.4 Å². The molecule has 0 bridgehead atoms. The Bertz CT molecular complexity index is 603. The number of aromatic carboxylic acids is 1. The van der Waals surface area contributed by atoms with Crippen molar-refractivity contribution in [2.75, 3.05) is 11.1 Å². The molecular weight excluding hydrogens is 262 g/mol. The second-order valence-electron chi connectivity index (χ2n) is 4.23. The minimum Gasteiger partial charge on any atom is -0.478 e. The number of pyridine rings is 1. The van der Waals surface area contributed by atoms with E-state index < -0.39 is 5.97 Å². The minimum absolute atomic E-state index is 0.0658. The molecule has 0 spiro atoms. The van der Waals surface area contributed by atoms with E-state index in [0.717, 1.165) is 4.88 Å². The van der Waals surface area contributed by atoms with Crippen LogP contribution in [-0.2, 0) is 6.54 Å². The molecule has 2 rings (SSSR count). The molecule has 2 aromatic rings. The van der Waals surface area contributed by atoms with Crippen LogP contribution in [0.2, 0.25) is 0 Å². The Morgan fingerprint density at radius 2 is 2.26 bits per heavy atom. The lowest BCUT2D eigenvalue weighted by Gasteiger charge is -2.08. The fourth-order valence-corrected chi connectivity index (χ4v) is 2.70. The Balaban J connectivity index is 2.16. The van der Waals surface area contributed by atoms with E-state index in [9.17, 15) is 4.79 Å². The average Bonchev–Trinajstić information content (AvgIpc) is 2.67. The summed E-state index contributed by atoms with van der Waals surface area (Å²) in [6.45, 7) is 4.72. The molecule has 2 aromatic heterocycles. The molecule has 0 aliphatic rings. The Morgan fingerprint density at radius 1 is 1.53 bits per heavy atom. The zero-order valence-electron chi connectivity index (χ0n) is 10.7. The van der Waals surface area contributed by atoms with Gasteiger partial charge in [0.2, 0.25) is 0 Å². The van der Waals surface area contributed by atoms with E-state index in [1.165, 1.54) is 22.7 Å². The maximum Gasteiger partial charge on any atom is 0.337 e. The Hall–Kier alpha value is -2.08. The van der Waals surface area contributed by atoms with Crippen molar-refractivity contribution in [3.05, 3.63) is 39.2 Å². The lowest BCUT2D eigenvalue weighted by molar-refractivity contribution is 0.0698. The Morgan fingerprint density at radius 3 is 2.84 bits per heavy atom. The number of carboxylic acid groups (broad SMARTS) is 1. The van der Waals surface area contributed by atoms with Gasteiger partial charge in [0.05, 0.1) is 17.8 Å². The van der Waals surface area contributed by atoms with Crippen LogP contribution in [0.1, 0.15) is 25.7 Å². The number of hydrogen-bond acceptors (Lipinski definition) is 5. The SMILES string of the molecule is Cc1cc(CNc2nccc(C(=O)O)c2N)sc1C. The second-order valence-corrected chi connectivity index (χ2v) is 5.57. The number of thiophene rings is 1. The number of nitrogens with one attached hydrogen (secondary N) is 1. The number of nitrogen functional groups attached to an aromatic ring is 1. The quantitative estimate of drug-likeness (QED) is 0.799. The summed E-state index contributed by atoms with van der Waals surface area (Å²) in [4.78, 5) is 17.5. The molecule has 0 fully saturated rings. The lowest BCUT2D eigenvalue weighted by Crippen LogP contribution is -2.08. The largest absolute Gasteiger partial charge is 0.478 e. The summed E-state index contributed by atoms with van der Waals surface area (Å²) >= 11 is 1.70. The highest BCUT2D eigenvalue weighted by Gasteiger charge is 2.12. The Kier molecular flexibility index (Phi) is 3.71. The first-order valence-electron chi connectivity index (χ1n) is 5.76. The number of carboxylic acids is 1. The highest BCUT2D eigenvalue weighted by molar-refractivity contribution is 7.12. The first kappa shape index (κ1) is 13.4. The van der Waals surface area contributed by atoms with Crippen LogP contribution in [-0.4, -0.2) is 16.1 Å². The minimum atomic E-state index is -1.05. The summed E-state index contributed by atoms with van der Waals surface area (Å²) < 4.78 is 0. The molecule has 0 atom stereocenters. The highest BCUT2D eigenvalue weighted by atomic mass is 32.1. The van der Waals surface area contributed by atoms with Gasteiger partial charge in [0.15, 0.2) is 0 Å². The van der Waals surface area contributed by atoms with Crippen LogP contribution in [0.3, 0.4) is 0 Å².